The van der Waals surface area contributed by atoms with Gasteiger partial charge in [0.25, 0.3) is 0 Å². The molecule has 0 fully saturated rings. The second kappa shape index (κ2) is 11.6. The van der Waals surface area contributed by atoms with Crippen molar-refractivity contribution in [2.24, 2.45) is 7.05 Å². The maximum Gasteiger partial charge on any atom is 0.360 e. The number of hydrogen-bond acceptors (Lipinski definition) is 9. The van der Waals surface area contributed by atoms with Crippen LogP contribution in [0.5, 0.6) is 5.75 Å². The predicted octanol–water partition coefficient (Wildman–Crippen LogP) is 3.74. The van der Waals surface area contributed by atoms with E-state index in [1.54, 1.807) is 38.5 Å². The molecule has 3 rings (SSSR count). The molecule has 0 amide bonds. The normalized spacial score (nSPS) is 11.5. The molecule has 3 aromatic rings. The lowest BCUT2D eigenvalue weighted by Crippen LogP contribution is -2.16. The second-order valence-corrected chi connectivity index (χ2v) is 7.40. The number of allylic oxidation sites excluding steroid dienone is 4. The van der Waals surface area contributed by atoms with E-state index in [-0.39, 0.29) is 12.3 Å². The van der Waals surface area contributed by atoms with Crippen LogP contribution < -0.4 is 10.1 Å². The van der Waals surface area contributed by atoms with Crippen LogP contribution in [0.1, 0.15) is 46.1 Å². The fraction of sp³-hybridized carbons (Fsp3) is 0.240. The second-order valence-electron chi connectivity index (χ2n) is 7.40. The van der Waals surface area contributed by atoms with E-state index in [0.29, 0.717) is 35.3 Å². The molecule has 0 bridgehead atoms. The average Bonchev–Trinajstić information content (AvgIpc) is 3.48. The number of hydrogen-bond donors (Lipinski definition) is 1. The van der Waals surface area contributed by atoms with Gasteiger partial charge in [0.15, 0.2) is 23.1 Å². The summed E-state index contributed by atoms with van der Waals surface area (Å²) in [7, 11) is 3.47. The average molecular weight is 477 g/mol. The minimum atomic E-state index is -0.547. The highest BCUT2D eigenvalue weighted by Gasteiger charge is 2.15. The van der Waals surface area contributed by atoms with Crippen LogP contribution >= 0.6 is 0 Å². The molecule has 182 valence electrons. The van der Waals surface area contributed by atoms with E-state index in [9.17, 15) is 4.79 Å². The van der Waals surface area contributed by atoms with Crippen LogP contribution in [0.3, 0.4) is 0 Å². The lowest BCUT2D eigenvalue weighted by atomic mass is 10.1. The summed E-state index contributed by atoms with van der Waals surface area (Å²) in [5, 5.41) is 15.6. The van der Waals surface area contributed by atoms with Crippen molar-refractivity contribution in [1.29, 1.82) is 0 Å². The van der Waals surface area contributed by atoms with Crippen molar-refractivity contribution in [2.75, 3.05) is 13.7 Å². The number of methoxy groups -OCH3 is 1. The summed E-state index contributed by atoms with van der Waals surface area (Å²) in [6.45, 7) is 12.1. The van der Waals surface area contributed by atoms with Crippen LogP contribution in [0.4, 0.5) is 0 Å². The highest BCUT2D eigenvalue weighted by Crippen LogP contribution is 2.20. The molecule has 10 heteroatoms. The predicted molar refractivity (Wildman–Crippen MR) is 132 cm³/mol. The maximum atomic E-state index is 11.8. The first-order valence-corrected chi connectivity index (χ1v) is 10.8. The van der Waals surface area contributed by atoms with Crippen LogP contribution in [0.15, 0.2) is 54.2 Å². The first kappa shape index (κ1) is 25.2. The van der Waals surface area contributed by atoms with Gasteiger partial charge in [0.1, 0.15) is 5.75 Å². The number of esters is 1. The van der Waals surface area contributed by atoms with Gasteiger partial charge in [-0.15, -0.1) is 10.2 Å². The molecule has 0 saturated carbocycles. The van der Waals surface area contributed by atoms with Crippen LogP contribution in [0.2, 0.25) is 0 Å². The SMILES string of the molecule is C=C/C=C(/NCc1nnc(/C=C\C(=C)c2cc(C(=O)OCC)no2)n1C)c1ncc(OC)cc1C. The number of aryl methyl sites for hydroxylation is 1. The van der Waals surface area contributed by atoms with Crippen LogP contribution in [-0.2, 0) is 18.3 Å². The Hall–Kier alpha value is -4.47. The summed E-state index contributed by atoms with van der Waals surface area (Å²) in [6, 6.07) is 3.41. The molecule has 3 heterocycles. The molecule has 0 aliphatic rings. The third-order valence-electron chi connectivity index (χ3n) is 5.01. The van der Waals surface area contributed by atoms with Gasteiger partial charge >= 0.3 is 5.97 Å². The van der Waals surface area contributed by atoms with Gasteiger partial charge in [-0.3, -0.25) is 4.98 Å². The van der Waals surface area contributed by atoms with Gasteiger partial charge in [-0.25, -0.2) is 4.79 Å². The van der Waals surface area contributed by atoms with E-state index in [0.717, 1.165) is 17.0 Å². The number of pyridine rings is 1. The van der Waals surface area contributed by atoms with E-state index >= 15 is 0 Å². The van der Waals surface area contributed by atoms with Crippen molar-refractivity contribution in [2.45, 2.75) is 20.4 Å². The van der Waals surface area contributed by atoms with E-state index < -0.39 is 5.97 Å². The van der Waals surface area contributed by atoms with E-state index in [1.807, 2.05) is 30.7 Å². The maximum absolute atomic E-state index is 11.8. The fourth-order valence-electron chi connectivity index (χ4n) is 3.12. The summed E-state index contributed by atoms with van der Waals surface area (Å²) >= 11 is 0. The van der Waals surface area contributed by atoms with Crippen molar-refractivity contribution in [3.05, 3.63) is 84.1 Å². The number of carbonyl (C=O) groups is 1. The molecule has 1 N–H and O–H groups in total. The highest BCUT2D eigenvalue weighted by molar-refractivity contribution is 5.88. The Morgan fingerprint density at radius 3 is 2.80 bits per heavy atom. The Bertz CT molecular complexity index is 1280. The molecule has 0 atom stereocenters. The van der Waals surface area contributed by atoms with Gasteiger partial charge in [0.05, 0.1) is 37.8 Å². The lowest BCUT2D eigenvalue weighted by molar-refractivity contribution is 0.0514. The highest BCUT2D eigenvalue weighted by atomic mass is 16.5. The number of aromatic nitrogens is 5. The first-order chi connectivity index (χ1) is 16.9. The van der Waals surface area contributed by atoms with Crippen LogP contribution in [-0.4, -0.2) is 44.6 Å². The first-order valence-electron chi connectivity index (χ1n) is 10.8. The van der Waals surface area contributed by atoms with Crippen LogP contribution in [0.25, 0.3) is 17.3 Å². The Morgan fingerprint density at radius 1 is 1.31 bits per heavy atom. The summed E-state index contributed by atoms with van der Waals surface area (Å²) in [6.07, 6.45) is 8.68. The standard InChI is InChI=1S/C25H28N6O4/c1-7-9-19(24-17(4)12-18(33-6)14-27-24)26-15-23-29-28-22(31(23)5)11-10-16(3)21-13-20(30-35-21)25(32)34-8-2/h7,9-14,26H,1,3,8,15H2,2,4-6H3/b11-10-,19-9+. The van der Waals surface area contributed by atoms with E-state index in [1.165, 1.54) is 6.07 Å². The zero-order valence-corrected chi connectivity index (χ0v) is 20.2. The van der Waals surface area contributed by atoms with Gasteiger partial charge in [0, 0.05) is 18.7 Å². The number of rotatable bonds is 11. The Kier molecular flexibility index (Phi) is 8.33. The molecule has 0 aliphatic carbocycles. The zero-order valence-electron chi connectivity index (χ0n) is 20.2. The van der Waals surface area contributed by atoms with Crippen molar-refractivity contribution in [1.82, 2.24) is 30.2 Å². The van der Waals surface area contributed by atoms with E-state index in [2.05, 4.69) is 38.8 Å². The van der Waals surface area contributed by atoms with Crippen molar-refractivity contribution in [3.8, 4) is 5.75 Å². The van der Waals surface area contributed by atoms with Crippen molar-refractivity contribution >= 4 is 23.3 Å². The largest absolute Gasteiger partial charge is 0.495 e. The summed E-state index contributed by atoms with van der Waals surface area (Å²) in [5.41, 5.74) is 3.17. The van der Waals surface area contributed by atoms with E-state index in [4.69, 9.17) is 14.0 Å². The molecular weight excluding hydrogens is 448 g/mol. The van der Waals surface area contributed by atoms with Crippen LogP contribution in [0, 0.1) is 6.92 Å². The molecule has 35 heavy (non-hydrogen) atoms. The fourth-order valence-corrected chi connectivity index (χ4v) is 3.12. The topological polar surface area (TPSA) is 117 Å². The molecule has 0 aromatic carbocycles. The van der Waals surface area contributed by atoms with Gasteiger partial charge in [0.2, 0.25) is 0 Å². The molecule has 0 radical (unpaired) electrons. The molecule has 10 nitrogen and oxygen atoms in total. The Labute approximate surface area is 203 Å². The monoisotopic (exact) mass is 476 g/mol. The number of nitrogens with one attached hydrogen (secondary N) is 1. The molecule has 3 aromatic heterocycles. The summed E-state index contributed by atoms with van der Waals surface area (Å²) in [4.78, 5) is 16.3. The van der Waals surface area contributed by atoms with Crippen molar-refractivity contribution in [3.63, 3.8) is 0 Å². The smallest absolute Gasteiger partial charge is 0.360 e. The third kappa shape index (κ3) is 6.11. The Balaban J connectivity index is 1.69. The van der Waals surface area contributed by atoms with Gasteiger partial charge in [-0.1, -0.05) is 24.4 Å². The zero-order chi connectivity index (χ0) is 25.4. The quantitative estimate of drug-likeness (QED) is 0.326. The number of nitrogens with zero attached hydrogens (tertiary/aromatic N) is 5. The molecule has 0 aliphatic heterocycles. The van der Waals surface area contributed by atoms with Gasteiger partial charge < -0.3 is 23.9 Å². The number of carbonyl (C=O) groups excluding carboxylic acids is 1. The van der Waals surface area contributed by atoms with Gasteiger partial charge in [-0.2, -0.15) is 0 Å². The minimum absolute atomic E-state index is 0.0911. The number of ether oxygens (including phenoxy) is 2. The molecule has 0 unspecified atom stereocenters. The van der Waals surface area contributed by atoms with Gasteiger partial charge in [-0.05, 0) is 43.7 Å². The summed E-state index contributed by atoms with van der Waals surface area (Å²) in [5.74, 6) is 1.82. The molecular formula is C25H28N6O4. The lowest BCUT2D eigenvalue weighted by Gasteiger charge is -2.13. The van der Waals surface area contributed by atoms with Crippen molar-refractivity contribution < 1.29 is 18.8 Å². The molecule has 0 spiro atoms. The summed E-state index contributed by atoms with van der Waals surface area (Å²) < 4.78 is 17.2. The minimum Gasteiger partial charge on any atom is -0.495 e. The third-order valence-corrected chi connectivity index (χ3v) is 5.01. The Morgan fingerprint density at radius 2 is 2.11 bits per heavy atom. The molecule has 0 saturated heterocycles.